The van der Waals surface area contributed by atoms with E-state index < -0.39 is 0 Å². The largest absolute Gasteiger partial charge is 0.350 e. The standard InChI is InChI=1S/C18H25NO2/c1-10-4-5-13(11(2)18(21)19-14-6-7-14)8-16-12(3)17(20)9-15(10)16/h10,13-15H,2,4-9H2,1,3H3,(H,19,21)/t10?,13-,15?/m0/s1. The molecule has 3 aliphatic rings. The smallest absolute Gasteiger partial charge is 0.247 e. The van der Waals surface area contributed by atoms with Gasteiger partial charge in [-0.15, -0.1) is 0 Å². The first-order valence-corrected chi connectivity index (χ1v) is 8.20. The molecule has 0 aromatic carbocycles. The molecule has 0 radical (unpaired) electrons. The molecule has 0 aromatic heterocycles. The molecule has 0 heterocycles. The Labute approximate surface area is 126 Å². The van der Waals surface area contributed by atoms with Crippen LogP contribution in [0.4, 0.5) is 0 Å². The second kappa shape index (κ2) is 5.43. The number of hydrogen-bond donors (Lipinski definition) is 1. The molecule has 1 amide bonds. The number of hydrogen-bond acceptors (Lipinski definition) is 2. The highest BCUT2D eigenvalue weighted by Crippen LogP contribution is 2.45. The van der Waals surface area contributed by atoms with Crippen molar-refractivity contribution in [2.75, 3.05) is 0 Å². The summed E-state index contributed by atoms with van der Waals surface area (Å²) in [6, 6.07) is 0.376. The number of Topliss-reactive ketones (excluding diaryl/α,β-unsaturated/α-hetero) is 1. The summed E-state index contributed by atoms with van der Waals surface area (Å²) in [4.78, 5) is 24.2. The molecule has 2 unspecified atom stereocenters. The van der Waals surface area contributed by atoms with E-state index in [0.29, 0.717) is 30.1 Å². The molecule has 2 saturated carbocycles. The lowest BCUT2D eigenvalue weighted by Gasteiger charge is -2.19. The summed E-state index contributed by atoms with van der Waals surface area (Å²) in [6.45, 7) is 8.26. The van der Waals surface area contributed by atoms with Crippen LogP contribution in [0.25, 0.3) is 0 Å². The molecule has 1 N–H and O–H groups in total. The number of nitrogens with one attached hydrogen (secondary N) is 1. The van der Waals surface area contributed by atoms with E-state index in [0.717, 1.165) is 43.3 Å². The van der Waals surface area contributed by atoms with Crippen molar-refractivity contribution in [1.29, 1.82) is 0 Å². The maximum absolute atomic E-state index is 12.2. The highest BCUT2D eigenvalue weighted by Gasteiger charge is 2.38. The molecule has 3 nitrogen and oxygen atoms in total. The Bertz CT molecular complexity index is 527. The average molecular weight is 287 g/mol. The van der Waals surface area contributed by atoms with Crippen LogP contribution < -0.4 is 5.32 Å². The van der Waals surface area contributed by atoms with Gasteiger partial charge in [0.05, 0.1) is 0 Å². The fraction of sp³-hybridized carbons (Fsp3) is 0.667. The van der Waals surface area contributed by atoms with Crippen molar-refractivity contribution in [2.24, 2.45) is 17.8 Å². The van der Waals surface area contributed by atoms with Gasteiger partial charge in [-0.3, -0.25) is 9.59 Å². The van der Waals surface area contributed by atoms with E-state index in [9.17, 15) is 9.59 Å². The van der Waals surface area contributed by atoms with Crippen LogP contribution in [0.1, 0.15) is 52.4 Å². The van der Waals surface area contributed by atoms with Crippen molar-refractivity contribution < 1.29 is 9.59 Å². The molecule has 2 fully saturated rings. The van der Waals surface area contributed by atoms with Gasteiger partial charge in [0.1, 0.15) is 0 Å². The molecule has 21 heavy (non-hydrogen) atoms. The summed E-state index contributed by atoms with van der Waals surface area (Å²) in [5.74, 6) is 1.46. The monoisotopic (exact) mass is 287 g/mol. The minimum absolute atomic E-state index is 0.0242. The van der Waals surface area contributed by atoms with Gasteiger partial charge in [0.25, 0.3) is 0 Å². The van der Waals surface area contributed by atoms with Crippen LogP contribution in [0, 0.1) is 17.8 Å². The highest BCUT2D eigenvalue weighted by molar-refractivity contribution is 5.99. The molecule has 3 rings (SSSR count). The van der Waals surface area contributed by atoms with E-state index >= 15 is 0 Å². The van der Waals surface area contributed by atoms with Gasteiger partial charge < -0.3 is 5.32 Å². The average Bonchev–Trinajstić information content (AvgIpc) is 3.23. The number of fused-ring (bicyclic) bond motifs is 1. The zero-order valence-electron chi connectivity index (χ0n) is 13.1. The van der Waals surface area contributed by atoms with Gasteiger partial charge in [-0.1, -0.05) is 19.1 Å². The third-order valence-corrected chi connectivity index (χ3v) is 5.57. The van der Waals surface area contributed by atoms with E-state index in [1.807, 2.05) is 6.92 Å². The lowest BCUT2D eigenvalue weighted by atomic mass is 9.86. The van der Waals surface area contributed by atoms with Crippen molar-refractivity contribution >= 4 is 11.7 Å². The van der Waals surface area contributed by atoms with E-state index in [-0.39, 0.29) is 11.8 Å². The van der Waals surface area contributed by atoms with Crippen LogP contribution in [0.3, 0.4) is 0 Å². The van der Waals surface area contributed by atoms with Crippen LogP contribution in [0.15, 0.2) is 23.3 Å². The Morgan fingerprint density at radius 2 is 1.90 bits per heavy atom. The van der Waals surface area contributed by atoms with Gasteiger partial charge in [-0.05, 0) is 62.4 Å². The molecular weight excluding hydrogens is 262 g/mol. The SMILES string of the molecule is C=C(C(=O)NC1CC1)[C@H]1CCC(C)C2CC(=O)C(C)=C2C1. The van der Waals surface area contributed by atoms with Gasteiger partial charge in [0.15, 0.2) is 5.78 Å². The van der Waals surface area contributed by atoms with E-state index in [1.54, 1.807) is 0 Å². The minimum atomic E-state index is 0.0242. The molecule has 3 heteroatoms. The van der Waals surface area contributed by atoms with E-state index in [1.165, 1.54) is 5.57 Å². The molecule has 0 saturated heterocycles. The second-order valence-electron chi connectivity index (χ2n) is 7.11. The number of carbonyl (C=O) groups is 2. The Morgan fingerprint density at radius 1 is 1.19 bits per heavy atom. The zero-order valence-corrected chi connectivity index (χ0v) is 13.1. The van der Waals surface area contributed by atoms with Crippen LogP contribution in [0.2, 0.25) is 0 Å². The zero-order chi connectivity index (χ0) is 15.1. The van der Waals surface area contributed by atoms with Crippen molar-refractivity contribution in [3.8, 4) is 0 Å². The quantitative estimate of drug-likeness (QED) is 0.810. The molecule has 3 aliphatic carbocycles. The van der Waals surface area contributed by atoms with Crippen LogP contribution in [-0.2, 0) is 9.59 Å². The molecule has 0 bridgehead atoms. The number of amides is 1. The third kappa shape index (κ3) is 2.83. The Kier molecular flexibility index (Phi) is 3.76. The first kappa shape index (κ1) is 14.6. The summed E-state index contributed by atoms with van der Waals surface area (Å²) < 4.78 is 0. The normalized spacial score (nSPS) is 32.7. The highest BCUT2D eigenvalue weighted by atomic mass is 16.1. The Balaban J connectivity index is 1.76. The van der Waals surface area contributed by atoms with E-state index in [4.69, 9.17) is 0 Å². The summed E-state index contributed by atoms with van der Waals surface area (Å²) in [6.07, 6.45) is 5.82. The molecule has 3 atom stereocenters. The Morgan fingerprint density at radius 3 is 2.57 bits per heavy atom. The number of carbonyl (C=O) groups excluding carboxylic acids is 2. The number of ketones is 1. The topological polar surface area (TPSA) is 46.2 Å². The van der Waals surface area contributed by atoms with Crippen LogP contribution in [0.5, 0.6) is 0 Å². The van der Waals surface area contributed by atoms with E-state index in [2.05, 4.69) is 18.8 Å². The van der Waals surface area contributed by atoms with Crippen molar-refractivity contribution in [3.05, 3.63) is 23.3 Å². The molecular formula is C18H25NO2. The molecule has 114 valence electrons. The van der Waals surface area contributed by atoms with Gasteiger partial charge in [0.2, 0.25) is 5.91 Å². The molecule has 0 aromatic rings. The fourth-order valence-electron chi connectivity index (χ4n) is 3.80. The van der Waals surface area contributed by atoms with Crippen molar-refractivity contribution in [1.82, 2.24) is 5.32 Å². The van der Waals surface area contributed by atoms with Gasteiger partial charge in [-0.2, -0.15) is 0 Å². The first-order valence-electron chi connectivity index (χ1n) is 8.20. The maximum Gasteiger partial charge on any atom is 0.247 e. The first-order chi connectivity index (χ1) is 9.97. The maximum atomic E-state index is 12.2. The fourth-order valence-corrected chi connectivity index (χ4v) is 3.80. The van der Waals surface area contributed by atoms with Gasteiger partial charge >= 0.3 is 0 Å². The number of allylic oxidation sites excluding steroid dienone is 2. The minimum Gasteiger partial charge on any atom is -0.350 e. The van der Waals surface area contributed by atoms with Crippen molar-refractivity contribution in [2.45, 2.75) is 58.4 Å². The second-order valence-corrected chi connectivity index (χ2v) is 7.11. The van der Waals surface area contributed by atoms with Crippen LogP contribution in [-0.4, -0.2) is 17.7 Å². The van der Waals surface area contributed by atoms with Crippen molar-refractivity contribution in [3.63, 3.8) is 0 Å². The van der Waals surface area contributed by atoms with Gasteiger partial charge in [0, 0.05) is 18.0 Å². The summed E-state index contributed by atoms with van der Waals surface area (Å²) >= 11 is 0. The summed E-state index contributed by atoms with van der Waals surface area (Å²) in [5.41, 5.74) is 2.97. The van der Waals surface area contributed by atoms with Gasteiger partial charge in [-0.25, -0.2) is 0 Å². The molecule has 0 aliphatic heterocycles. The molecule has 0 spiro atoms. The summed E-state index contributed by atoms with van der Waals surface area (Å²) in [7, 11) is 0. The van der Waals surface area contributed by atoms with Crippen LogP contribution >= 0.6 is 0 Å². The lowest BCUT2D eigenvalue weighted by molar-refractivity contribution is -0.118. The predicted octanol–water partition coefficient (Wildman–Crippen LogP) is 3.16. The lowest BCUT2D eigenvalue weighted by Crippen LogP contribution is -2.29. The predicted molar refractivity (Wildman–Crippen MR) is 82.6 cm³/mol. The third-order valence-electron chi connectivity index (χ3n) is 5.57. The Hall–Kier alpha value is -1.38. The summed E-state index contributed by atoms with van der Waals surface area (Å²) in [5, 5.41) is 3.04. The number of rotatable bonds is 3.